The summed E-state index contributed by atoms with van der Waals surface area (Å²) in [6.07, 6.45) is 5.71. The number of carbonyl (C=O) groups excluding carboxylic acids is 2. The highest BCUT2D eigenvalue weighted by atomic mass is 32.2. The van der Waals surface area contributed by atoms with E-state index in [9.17, 15) is 14.9 Å². The molecule has 1 aliphatic carbocycles. The van der Waals surface area contributed by atoms with Crippen LogP contribution in [0.15, 0.2) is 29.6 Å². The van der Waals surface area contributed by atoms with Crippen LogP contribution in [0.1, 0.15) is 47.3 Å². The quantitative estimate of drug-likeness (QED) is 0.597. The first-order valence-corrected chi connectivity index (χ1v) is 9.53. The third kappa shape index (κ3) is 4.41. The van der Waals surface area contributed by atoms with E-state index in [1.54, 1.807) is 18.4 Å². The summed E-state index contributed by atoms with van der Waals surface area (Å²) in [5.74, 6) is -0.865. The number of nitriles is 1. The number of hydrogen-bond acceptors (Lipinski definition) is 8. The zero-order chi connectivity index (χ0) is 19.4. The van der Waals surface area contributed by atoms with Gasteiger partial charge in [0.05, 0.1) is 11.1 Å². The van der Waals surface area contributed by atoms with Crippen molar-refractivity contribution >= 4 is 29.6 Å². The second kappa shape index (κ2) is 8.14. The smallest absolute Gasteiger partial charge is 0.340 e. The second-order valence-corrected chi connectivity index (χ2v) is 6.77. The molecule has 2 heterocycles. The number of aromatic nitrogens is 3. The second-order valence-electron chi connectivity index (χ2n) is 5.97. The normalized spacial score (nSPS) is 14.1. The Hall–Kier alpha value is -2.99. The van der Waals surface area contributed by atoms with Gasteiger partial charge in [-0.05, 0) is 38.2 Å². The van der Waals surface area contributed by atoms with Crippen LogP contribution in [0.3, 0.4) is 0 Å². The summed E-state index contributed by atoms with van der Waals surface area (Å²) in [5, 5.41) is 12.4. The first kappa shape index (κ1) is 18.8. The number of hydrogen-bond donors (Lipinski definition) is 1. The summed E-state index contributed by atoms with van der Waals surface area (Å²) in [5.41, 5.74) is 1.07. The Morgan fingerprint density at radius 2 is 2.07 bits per heavy atom. The summed E-state index contributed by atoms with van der Waals surface area (Å²) < 4.78 is 5.27. The third-order valence-corrected chi connectivity index (χ3v) is 4.66. The number of thioether (sulfide) groups is 1. The highest BCUT2D eigenvalue weighted by Gasteiger charge is 2.30. The lowest BCUT2D eigenvalue weighted by Crippen LogP contribution is -2.31. The van der Waals surface area contributed by atoms with E-state index in [1.165, 1.54) is 31.1 Å². The van der Waals surface area contributed by atoms with Crippen LogP contribution in [0, 0.1) is 11.3 Å². The average molecular weight is 383 g/mol. The maximum Gasteiger partial charge on any atom is 0.340 e. The number of pyridine rings is 1. The van der Waals surface area contributed by atoms with Gasteiger partial charge in [-0.3, -0.25) is 10.1 Å². The minimum Gasteiger partial charge on any atom is -0.449 e. The van der Waals surface area contributed by atoms with Gasteiger partial charge in [0.15, 0.2) is 6.10 Å². The van der Waals surface area contributed by atoms with E-state index in [0.717, 1.165) is 18.5 Å². The van der Waals surface area contributed by atoms with Crippen molar-refractivity contribution in [3.05, 3.63) is 41.3 Å². The zero-order valence-corrected chi connectivity index (χ0v) is 15.6. The fourth-order valence-electron chi connectivity index (χ4n) is 2.40. The van der Waals surface area contributed by atoms with Gasteiger partial charge in [0.1, 0.15) is 11.1 Å². The van der Waals surface area contributed by atoms with Crippen LogP contribution >= 0.6 is 11.8 Å². The lowest BCUT2D eigenvalue weighted by molar-refractivity contribution is -0.123. The molecule has 0 spiro atoms. The van der Waals surface area contributed by atoms with Crippen molar-refractivity contribution in [3.63, 3.8) is 0 Å². The largest absolute Gasteiger partial charge is 0.449 e. The molecule has 1 amide bonds. The van der Waals surface area contributed by atoms with Gasteiger partial charge in [0.25, 0.3) is 5.91 Å². The van der Waals surface area contributed by atoms with E-state index in [2.05, 4.69) is 20.3 Å². The minimum atomic E-state index is -1.08. The molecule has 2 aromatic rings. The highest BCUT2D eigenvalue weighted by molar-refractivity contribution is 7.98. The van der Waals surface area contributed by atoms with E-state index >= 15 is 0 Å². The van der Waals surface area contributed by atoms with Gasteiger partial charge in [-0.15, -0.1) is 11.8 Å². The number of esters is 1. The van der Waals surface area contributed by atoms with Gasteiger partial charge in [0, 0.05) is 24.0 Å². The maximum absolute atomic E-state index is 12.6. The number of nitrogens with one attached hydrogen (secondary N) is 1. The molecule has 3 rings (SSSR count). The van der Waals surface area contributed by atoms with Crippen LogP contribution in [0.2, 0.25) is 0 Å². The van der Waals surface area contributed by atoms with Crippen molar-refractivity contribution in [2.45, 2.75) is 36.8 Å². The number of amides is 1. The molecule has 0 saturated heterocycles. The van der Waals surface area contributed by atoms with Crippen LogP contribution in [-0.4, -0.2) is 39.2 Å². The standard InChI is InChI=1S/C18H17N5O3S/c1-10(15(24)23-18-20-6-3-7-21-18)26-17(25)12-8-14(11-4-5-11)22-16(27-2)13(12)9-19/h3,6-8,10-11H,4-5H2,1-2H3,(H,20,21,23,24). The monoisotopic (exact) mass is 383 g/mol. The topological polar surface area (TPSA) is 118 Å². The average Bonchev–Trinajstić information content (AvgIpc) is 3.52. The van der Waals surface area contributed by atoms with Crippen molar-refractivity contribution in [1.29, 1.82) is 5.26 Å². The SMILES string of the molecule is CSc1nc(C2CC2)cc(C(=O)OC(C)C(=O)Nc2ncccn2)c1C#N. The predicted octanol–water partition coefficient (Wildman–Crippen LogP) is 2.53. The van der Waals surface area contributed by atoms with E-state index in [0.29, 0.717) is 10.9 Å². The Morgan fingerprint density at radius 1 is 1.37 bits per heavy atom. The van der Waals surface area contributed by atoms with E-state index < -0.39 is 18.0 Å². The van der Waals surface area contributed by atoms with E-state index in [4.69, 9.17) is 4.74 Å². The maximum atomic E-state index is 12.6. The predicted molar refractivity (Wildman–Crippen MR) is 98.2 cm³/mol. The Bertz CT molecular complexity index is 909. The van der Waals surface area contributed by atoms with Crippen molar-refractivity contribution in [2.24, 2.45) is 0 Å². The molecule has 1 aliphatic rings. The molecule has 1 saturated carbocycles. The molecule has 138 valence electrons. The molecule has 1 fully saturated rings. The van der Waals surface area contributed by atoms with Gasteiger partial charge >= 0.3 is 5.97 Å². The van der Waals surface area contributed by atoms with Gasteiger partial charge in [-0.1, -0.05) is 0 Å². The van der Waals surface area contributed by atoms with Crippen LogP contribution < -0.4 is 5.32 Å². The Labute approximate surface area is 160 Å². The first-order valence-electron chi connectivity index (χ1n) is 8.31. The zero-order valence-electron chi connectivity index (χ0n) is 14.8. The molecule has 0 aliphatic heterocycles. The lowest BCUT2D eigenvalue weighted by atomic mass is 10.1. The van der Waals surface area contributed by atoms with Crippen molar-refractivity contribution in [2.75, 3.05) is 11.6 Å². The molecule has 1 unspecified atom stereocenters. The summed E-state index contributed by atoms with van der Waals surface area (Å²) in [6, 6.07) is 5.24. The molecule has 1 N–H and O–H groups in total. The first-order chi connectivity index (χ1) is 13.0. The van der Waals surface area contributed by atoms with E-state index in [1.807, 2.05) is 6.07 Å². The van der Waals surface area contributed by atoms with Crippen molar-refractivity contribution < 1.29 is 14.3 Å². The van der Waals surface area contributed by atoms with E-state index in [-0.39, 0.29) is 17.1 Å². The molecule has 0 aromatic carbocycles. The lowest BCUT2D eigenvalue weighted by Gasteiger charge is -2.14. The third-order valence-electron chi connectivity index (χ3n) is 3.98. The van der Waals surface area contributed by atoms with Crippen LogP contribution in [-0.2, 0) is 9.53 Å². The molecular formula is C18H17N5O3S. The molecule has 1 atom stereocenters. The molecule has 0 radical (unpaired) electrons. The van der Waals surface area contributed by atoms with Gasteiger partial charge in [0.2, 0.25) is 5.95 Å². The van der Waals surface area contributed by atoms with Gasteiger partial charge in [-0.25, -0.2) is 19.7 Å². The number of ether oxygens (including phenoxy) is 1. The highest BCUT2D eigenvalue weighted by Crippen LogP contribution is 2.40. The van der Waals surface area contributed by atoms with Crippen LogP contribution in [0.4, 0.5) is 5.95 Å². The van der Waals surface area contributed by atoms with Crippen LogP contribution in [0.25, 0.3) is 0 Å². The number of carbonyl (C=O) groups is 2. The molecule has 9 heteroatoms. The summed E-state index contributed by atoms with van der Waals surface area (Å²) in [4.78, 5) is 37.1. The summed E-state index contributed by atoms with van der Waals surface area (Å²) >= 11 is 1.30. The molecule has 2 aromatic heterocycles. The molecular weight excluding hydrogens is 366 g/mol. The fraction of sp³-hybridized carbons (Fsp3) is 0.333. The van der Waals surface area contributed by atoms with Crippen molar-refractivity contribution in [3.8, 4) is 6.07 Å². The summed E-state index contributed by atoms with van der Waals surface area (Å²) in [6.45, 7) is 1.45. The fourth-order valence-corrected chi connectivity index (χ4v) is 2.96. The Balaban J connectivity index is 1.78. The molecule has 27 heavy (non-hydrogen) atoms. The number of nitrogens with zero attached hydrogens (tertiary/aromatic N) is 4. The van der Waals surface area contributed by atoms with Crippen LogP contribution in [0.5, 0.6) is 0 Å². The molecule has 0 bridgehead atoms. The number of anilines is 1. The van der Waals surface area contributed by atoms with Crippen molar-refractivity contribution in [1.82, 2.24) is 15.0 Å². The Morgan fingerprint density at radius 3 is 2.67 bits per heavy atom. The van der Waals surface area contributed by atoms with Gasteiger partial charge < -0.3 is 4.74 Å². The summed E-state index contributed by atoms with van der Waals surface area (Å²) in [7, 11) is 0. The number of rotatable bonds is 6. The Kier molecular flexibility index (Phi) is 5.66. The molecule has 8 nitrogen and oxygen atoms in total. The van der Waals surface area contributed by atoms with Gasteiger partial charge in [-0.2, -0.15) is 5.26 Å². The minimum absolute atomic E-state index is 0.118.